The van der Waals surface area contributed by atoms with Gasteiger partial charge in [-0.1, -0.05) is 6.58 Å². The van der Waals surface area contributed by atoms with Crippen LogP contribution in [0.15, 0.2) is 10.8 Å². The third kappa shape index (κ3) is 2.67. The van der Waals surface area contributed by atoms with E-state index in [1.807, 2.05) is 0 Å². The Morgan fingerprint density at radius 1 is 1.71 bits per heavy atom. The van der Waals surface area contributed by atoms with Crippen LogP contribution in [0.5, 0.6) is 0 Å². The minimum Gasteiger partial charge on any atom is -0.281 e. The van der Waals surface area contributed by atoms with Crippen LogP contribution in [0.25, 0.3) is 0 Å². The summed E-state index contributed by atoms with van der Waals surface area (Å²) in [5.41, 5.74) is 0. The van der Waals surface area contributed by atoms with Gasteiger partial charge in [-0.05, 0) is 0 Å². The first-order valence-electron chi connectivity index (χ1n) is 1.30. The van der Waals surface area contributed by atoms with E-state index in [-0.39, 0.29) is 0 Å². The Bertz CT molecular complexity index is 165. The van der Waals surface area contributed by atoms with Gasteiger partial charge in [0.1, 0.15) is 4.24 Å². The molecule has 0 saturated heterocycles. The summed E-state index contributed by atoms with van der Waals surface area (Å²) in [6.07, 6.45) is 0. The molecule has 0 fully saturated rings. The van der Waals surface area contributed by atoms with Gasteiger partial charge >= 0.3 is 0 Å². The highest BCUT2D eigenvalue weighted by atomic mass is 32.3. The largest absolute Gasteiger partial charge is 0.299 e. The van der Waals surface area contributed by atoms with Crippen molar-refractivity contribution in [2.75, 3.05) is 0 Å². The molecule has 3 nitrogen and oxygen atoms in total. The SMILES string of the molecule is C=C(S)S(=O)(=O)O. The zero-order valence-electron chi connectivity index (χ0n) is 3.33. The maximum absolute atomic E-state index is 9.71. The normalized spacial score (nSPS) is 11.1. The second kappa shape index (κ2) is 1.85. The first kappa shape index (κ1) is 7.00. The fourth-order valence-corrected chi connectivity index (χ4v) is 0. The fourth-order valence-electron chi connectivity index (χ4n) is 0. The van der Waals surface area contributed by atoms with Crippen molar-refractivity contribution in [1.82, 2.24) is 0 Å². The molecule has 0 heterocycles. The molecular formula is C2H4O3S2. The van der Waals surface area contributed by atoms with Crippen LogP contribution in [-0.4, -0.2) is 13.0 Å². The van der Waals surface area contributed by atoms with Gasteiger partial charge in [0.15, 0.2) is 0 Å². The van der Waals surface area contributed by atoms with Gasteiger partial charge in [-0.2, -0.15) is 8.42 Å². The molecule has 0 aliphatic heterocycles. The summed E-state index contributed by atoms with van der Waals surface area (Å²) in [7, 11) is -4.07. The minimum absolute atomic E-state index is 0.535. The second-order valence-corrected chi connectivity index (χ2v) is 3.15. The smallest absolute Gasteiger partial charge is 0.281 e. The third-order valence-electron chi connectivity index (χ3n) is 0.298. The van der Waals surface area contributed by atoms with E-state index in [0.717, 1.165) is 0 Å². The van der Waals surface area contributed by atoms with Crippen LogP contribution in [0, 0.1) is 0 Å². The predicted molar refractivity (Wildman–Crippen MR) is 29.7 cm³/mol. The van der Waals surface area contributed by atoms with Crippen LogP contribution in [0.1, 0.15) is 0 Å². The van der Waals surface area contributed by atoms with Crippen LogP contribution in [0.3, 0.4) is 0 Å². The zero-order valence-corrected chi connectivity index (χ0v) is 5.04. The fraction of sp³-hybridized carbons (Fsp3) is 0. The van der Waals surface area contributed by atoms with E-state index in [9.17, 15) is 8.42 Å². The first-order chi connectivity index (χ1) is 2.94. The second-order valence-electron chi connectivity index (χ2n) is 0.869. The van der Waals surface area contributed by atoms with Crippen molar-refractivity contribution in [2.45, 2.75) is 0 Å². The Morgan fingerprint density at radius 2 is 1.86 bits per heavy atom. The molecule has 42 valence electrons. The van der Waals surface area contributed by atoms with Gasteiger partial charge in [0.2, 0.25) is 0 Å². The van der Waals surface area contributed by atoms with Crippen LogP contribution < -0.4 is 0 Å². The van der Waals surface area contributed by atoms with E-state index in [2.05, 4.69) is 19.2 Å². The standard InChI is InChI=1S/C2H4O3S2/c1-2(6)7(3,4)5/h6H,1H2,(H,3,4,5). The van der Waals surface area contributed by atoms with E-state index >= 15 is 0 Å². The molecule has 0 amide bonds. The highest BCUT2D eigenvalue weighted by Gasteiger charge is 2.02. The summed E-state index contributed by atoms with van der Waals surface area (Å²) in [6.45, 7) is 2.85. The van der Waals surface area contributed by atoms with E-state index in [4.69, 9.17) is 4.55 Å². The Labute approximate surface area is 47.2 Å². The van der Waals surface area contributed by atoms with Crippen molar-refractivity contribution in [2.24, 2.45) is 0 Å². The molecule has 1 N–H and O–H groups in total. The summed E-state index contributed by atoms with van der Waals surface area (Å²) in [5, 5.41) is 0. The monoisotopic (exact) mass is 140 g/mol. The predicted octanol–water partition coefficient (Wildman–Crippen LogP) is 0.275. The van der Waals surface area contributed by atoms with Crippen LogP contribution in [-0.2, 0) is 10.1 Å². The van der Waals surface area contributed by atoms with E-state index in [0.29, 0.717) is 0 Å². The van der Waals surface area contributed by atoms with E-state index in [1.165, 1.54) is 0 Å². The maximum atomic E-state index is 9.71. The lowest BCUT2D eigenvalue weighted by molar-refractivity contribution is 0.493. The molecule has 0 atom stereocenters. The Hall–Kier alpha value is -0.0000000000000000763. The molecule has 0 spiro atoms. The third-order valence-corrected chi connectivity index (χ3v) is 1.59. The van der Waals surface area contributed by atoms with Crippen molar-refractivity contribution in [1.29, 1.82) is 0 Å². The number of hydrogen-bond donors (Lipinski definition) is 2. The van der Waals surface area contributed by atoms with Crippen molar-refractivity contribution < 1.29 is 13.0 Å². The van der Waals surface area contributed by atoms with Gasteiger partial charge in [0, 0.05) is 0 Å². The molecule has 5 heteroatoms. The summed E-state index contributed by atoms with van der Waals surface area (Å²) in [5.74, 6) is 0. The maximum Gasteiger partial charge on any atom is 0.299 e. The highest BCUT2D eigenvalue weighted by molar-refractivity contribution is 8.07. The average Bonchev–Trinajstić information content (AvgIpc) is 1.31. The molecule has 7 heavy (non-hydrogen) atoms. The molecule has 0 saturated carbocycles. The van der Waals surface area contributed by atoms with Crippen molar-refractivity contribution in [3.8, 4) is 0 Å². The summed E-state index contributed by atoms with van der Waals surface area (Å²) in [6, 6.07) is 0. The molecular weight excluding hydrogens is 136 g/mol. The molecule has 0 aromatic rings. The Balaban J connectivity index is 4.43. The number of thiol groups is 1. The molecule has 0 aromatic carbocycles. The van der Waals surface area contributed by atoms with Gasteiger partial charge in [-0.15, -0.1) is 12.6 Å². The molecule has 0 aliphatic carbocycles. The van der Waals surface area contributed by atoms with E-state index < -0.39 is 14.4 Å². The van der Waals surface area contributed by atoms with Gasteiger partial charge in [-0.3, -0.25) is 4.55 Å². The summed E-state index contributed by atoms with van der Waals surface area (Å²) in [4.78, 5) is 0. The van der Waals surface area contributed by atoms with Crippen molar-refractivity contribution >= 4 is 22.7 Å². The average molecular weight is 140 g/mol. The molecule has 0 aliphatic rings. The van der Waals surface area contributed by atoms with Crippen LogP contribution in [0.4, 0.5) is 0 Å². The molecule has 0 bridgehead atoms. The van der Waals surface area contributed by atoms with Gasteiger partial charge in [0.05, 0.1) is 0 Å². The topological polar surface area (TPSA) is 54.4 Å². The quantitative estimate of drug-likeness (QED) is 0.406. The molecule has 0 unspecified atom stereocenters. The van der Waals surface area contributed by atoms with E-state index in [1.54, 1.807) is 0 Å². The van der Waals surface area contributed by atoms with Gasteiger partial charge in [-0.25, -0.2) is 0 Å². The van der Waals surface area contributed by atoms with Crippen molar-refractivity contribution in [3.63, 3.8) is 0 Å². The lowest BCUT2D eigenvalue weighted by Gasteiger charge is -1.85. The van der Waals surface area contributed by atoms with Gasteiger partial charge < -0.3 is 0 Å². The molecule has 0 rings (SSSR count). The molecule has 0 radical (unpaired) electrons. The zero-order chi connectivity index (χ0) is 6.08. The van der Waals surface area contributed by atoms with Crippen LogP contribution in [0.2, 0.25) is 0 Å². The van der Waals surface area contributed by atoms with Gasteiger partial charge in [0.25, 0.3) is 10.1 Å². The Kier molecular flexibility index (Phi) is 1.85. The minimum atomic E-state index is -4.07. The lowest BCUT2D eigenvalue weighted by atomic mass is 11.3. The van der Waals surface area contributed by atoms with Crippen molar-refractivity contribution in [3.05, 3.63) is 10.8 Å². The lowest BCUT2D eigenvalue weighted by Crippen LogP contribution is -1.93. The number of hydrogen-bond acceptors (Lipinski definition) is 3. The summed E-state index contributed by atoms with van der Waals surface area (Å²) < 4.78 is 26.8. The Morgan fingerprint density at radius 3 is 1.86 bits per heavy atom. The highest BCUT2D eigenvalue weighted by Crippen LogP contribution is 2.02. The number of rotatable bonds is 1. The molecule has 0 aromatic heterocycles. The first-order valence-corrected chi connectivity index (χ1v) is 3.18. The van der Waals surface area contributed by atoms with Crippen LogP contribution >= 0.6 is 12.6 Å². The summed E-state index contributed by atoms with van der Waals surface area (Å²) >= 11 is 3.25.